The quantitative estimate of drug-likeness (QED) is 0.727. The first-order valence-electron chi connectivity index (χ1n) is 5.23. The molecule has 0 saturated carbocycles. The van der Waals surface area contributed by atoms with E-state index in [1.807, 2.05) is 25.1 Å². The van der Waals surface area contributed by atoms with Gasteiger partial charge in [-0.3, -0.25) is 0 Å². The van der Waals surface area contributed by atoms with Gasteiger partial charge < -0.3 is 10.1 Å². The van der Waals surface area contributed by atoms with Crippen molar-refractivity contribution in [1.29, 1.82) is 0 Å². The monoisotopic (exact) mass is 206 g/mol. The van der Waals surface area contributed by atoms with Crippen molar-refractivity contribution >= 4 is 5.82 Å². The fourth-order valence-corrected chi connectivity index (χ4v) is 1.31. The molecule has 1 N–H and O–H groups in total. The molecule has 3 nitrogen and oxygen atoms in total. The van der Waals surface area contributed by atoms with Gasteiger partial charge >= 0.3 is 0 Å². The smallest absolute Gasteiger partial charge is 0.168 e. The van der Waals surface area contributed by atoms with Crippen molar-refractivity contribution in [3.8, 4) is 5.75 Å². The highest BCUT2D eigenvalue weighted by Gasteiger charge is 2.06. The van der Waals surface area contributed by atoms with Crippen LogP contribution in [0.1, 0.15) is 20.3 Å². The molecule has 1 rings (SSSR count). The number of hydrogen-bond donors (Lipinski definition) is 1. The van der Waals surface area contributed by atoms with Crippen LogP contribution in [0.15, 0.2) is 31.0 Å². The minimum absolute atomic E-state index is 0.316. The Balaban J connectivity index is 2.69. The topological polar surface area (TPSA) is 34.2 Å². The molecule has 0 radical (unpaired) electrons. The maximum Gasteiger partial charge on any atom is 0.168 e. The molecule has 0 aliphatic heterocycles. The zero-order valence-corrected chi connectivity index (χ0v) is 9.36. The molecule has 0 aliphatic rings. The van der Waals surface area contributed by atoms with Gasteiger partial charge in [0.2, 0.25) is 0 Å². The largest absolute Gasteiger partial charge is 0.490 e. The Kier molecular flexibility index (Phi) is 4.68. The van der Waals surface area contributed by atoms with Gasteiger partial charge in [0.05, 0.1) is 6.61 Å². The third-order valence-electron chi connectivity index (χ3n) is 1.97. The first-order valence-corrected chi connectivity index (χ1v) is 5.23. The Morgan fingerprint density at radius 1 is 1.67 bits per heavy atom. The summed E-state index contributed by atoms with van der Waals surface area (Å²) < 4.78 is 5.47. The fourth-order valence-electron chi connectivity index (χ4n) is 1.31. The molecule has 1 aromatic heterocycles. The molecule has 1 atom stereocenters. The Labute approximate surface area is 91.2 Å². The van der Waals surface area contributed by atoms with Crippen LogP contribution in [0.3, 0.4) is 0 Å². The van der Waals surface area contributed by atoms with E-state index in [-0.39, 0.29) is 0 Å². The molecule has 15 heavy (non-hydrogen) atoms. The minimum Gasteiger partial charge on any atom is -0.490 e. The maximum absolute atomic E-state index is 5.47. The second kappa shape index (κ2) is 6.06. The van der Waals surface area contributed by atoms with E-state index < -0.39 is 0 Å². The Morgan fingerprint density at radius 2 is 2.47 bits per heavy atom. The molecule has 1 aromatic rings. The lowest BCUT2D eigenvalue weighted by Gasteiger charge is -2.15. The number of rotatable bonds is 6. The lowest BCUT2D eigenvalue weighted by atomic mass is 10.2. The molecule has 82 valence electrons. The second-order valence-electron chi connectivity index (χ2n) is 3.35. The highest BCUT2D eigenvalue weighted by Crippen LogP contribution is 2.21. The van der Waals surface area contributed by atoms with Crippen molar-refractivity contribution in [2.75, 3.05) is 11.9 Å². The summed E-state index contributed by atoms with van der Waals surface area (Å²) in [6.45, 7) is 8.41. The number of nitrogens with one attached hydrogen (secondary N) is 1. The second-order valence-corrected chi connectivity index (χ2v) is 3.35. The molecule has 0 spiro atoms. The third kappa shape index (κ3) is 3.62. The van der Waals surface area contributed by atoms with Crippen LogP contribution in [-0.2, 0) is 0 Å². The predicted molar refractivity (Wildman–Crippen MR) is 63.3 cm³/mol. The summed E-state index contributed by atoms with van der Waals surface area (Å²) in [5.41, 5.74) is 0. The number of pyridine rings is 1. The van der Waals surface area contributed by atoms with E-state index in [1.54, 1.807) is 6.20 Å². The third-order valence-corrected chi connectivity index (χ3v) is 1.97. The Morgan fingerprint density at radius 3 is 3.13 bits per heavy atom. The standard InChI is InChI=1S/C12H18N2O/c1-4-7-10(3)14-12-11(15-5-2)8-6-9-13-12/h4,6,8-10H,1,5,7H2,2-3H3,(H,13,14). The van der Waals surface area contributed by atoms with Crippen LogP contribution in [0, 0.1) is 0 Å². The van der Waals surface area contributed by atoms with Crippen molar-refractivity contribution in [3.63, 3.8) is 0 Å². The van der Waals surface area contributed by atoms with Gasteiger partial charge in [0.15, 0.2) is 11.6 Å². The van der Waals surface area contributed by atoms with Crippen LogP contribution in [0.25, 0.3) is 0 Å². The van der Waals surface area contributed by atoms with Gasteiger partial charge in [-0.1, -0.05) is 6.08 Å². The molecule has 0 aromatic carbocycles. The zero-order chi connectivity index (χ0) is 11.1. The van der Waals surface area contributed by atoms with Gasteiger partial charge in [-0.15, -0.1) is 6.58 Å². The van der Waals surface area contributed by atoms with Gasteiger partial charge in [0, 0.05) is 12.2 Å². The van der Waals surface area contributed by atoms with Gasteiger partial charge in [-0.05, 0) is 32.4 Å². The summed E-state index contributed by atoms with van der Waals surface area (Å²) in [6.07, 6.45) is 4.55. The van der Waals surface area contributed by atoms with E-state index >= 15 is 0 Å². The van der Waals surface area contributed by atoms with Crippen LogP contribution in [-0.4, -0.2) is 17.6 Å². The van der Waals surface area contributed by atoms with Crippen LogP contribution >= 0.6 is 0 Å². The zero-order valence-electron chi connectivity index (χ0n) is 9.36. The number of nitrogens with zero attached hydrogens (tertiary/aromatic N) is 1. The summed E-state index contributed by atoms with van der Waals surface area (Å²) in [4.78, 5) is 4.25. The molecule has 0 bridgehead atoms. The Hall–Kier alpha value is -1.51. The summed E-state index contributed by atoms with van der Waals surface area (Å²) >= 11 is 0. The Bertz CT molecular complexity index is 312. The minimum atomic E-state index is 0.316. The van der Waals surface area contributed by atoms with Crippen molar-refractivity contribution in [1.82, 2.24) is 4.98 Å². The van der Waals surface area contributed by atoms with Gasteiger partial charge in [0.1, 0.15) is 0 Å². The van der Waals surface area contributed by atoms with E-state index in [1.165, 1.54) is 0 Å². The van der Waals surface area contributed by atoms with Gasteiger partial charge in [0.25, 0.3) is 0 Å². The number of hydrogen-bond acceptors (Lipinski definition) is 3. The van der Waals surface area contributed by atoms with E-state index in [9.17, 15) is 0 Å². The van der Waals surface area contributed by atoms with Crippen molar-refractivity contribution < 1.29 is 4.74 Å². The van der Waals surface area contributed by atoms with Crippen molar-refractivity contribution in [3.05, 3.63) is 31.0 Å². The SMILES string of the molecule is C=CCC(C)Nc1ncccc1OCC. The number of anilines is 1. The normalized spacial score (nSPS) is 11.9. The number of aromatic nitrogens is 1. The van der Waals surface area contributed by atoms with E-state index in [4.69, 9.17) is 4.74 Å². The van der Waals surface area contributed by atoms with E-state index in [0.717, 1.165) is 18.0 Å². The van der Waals surface area contributed by atoms with Crippen LogP contribution in [0.2, 0.25) is 0 Å². The average Bonchev–Trinajstić information content (AvgIpc) is 2.21. The van der Waals surface area contributed by atoms with Crippen molar-refractivity contribution in [2.45, 2.75) is 26.3 Å². The first-order chi connectivity index (χ1) is 7.27. The fraction of sp³-hybridized carbons (Fsp3) is 0.417. The maximum atomic E-state index is 5.47. The highest BCUT2D eigenvalue weighted by atomic mass is 16.5. The highest BCUT2D eigenvalue weighted by molar-refractivity contribution is 5.50. The van der Waals surface area contributed by atoms with Crippen LogP contribution in [0.5, 0.6) is 5.75 Å². The summed E-state index contributed by atoms with van der Waals surface area (Å²) in [5.74, 6) is 1.60. The van der Waals surface area contributed by atoms with Crippen LogP contribution < -0.4 is 10.1 Å². The number of ether oxygens (including phenoxy) is 1. The van der Waals surface area contributed by atoms with E-state index in [0.29, 0.717) is 12.6 Å². The molecule has 0 fully saturated rings. The molecule has 1 heterocycles. The first kappa shape index (κ1) is 11.6. The lowest BCUT2D eigenvalue weighted by molar-refractivity contribution is 0.340. The molecule has 0 amide bonds. The molecule has 1 unspecified atom stereocenters. The summed E-state index contributed by atoms with van der Waals surface area (Å²) in [5, 5.41) is 3.29. The lowest BCUT2D eigenvalue weighted by Crippen LogP contribution is -2.15. The molecule has 3 heteroatoms. The molecule has 0 aliphatic carbocycles. The van der Waals surface area contributed by atoms with Gasteiger partial charge in [-0.25, -0.2) is 4.98 Å². The average molecular weight is 206 g/mol. The van der Waals surface area contributed by atoms with Crippen LogP contribution in [0.4, 0.5) is 5.82 Å². The van der Waals surface area contributed by atoms with Gasteiger partial charge in [-0.2, -0.15) is 0 Å². The molecule has 0 saturated heterocycles. The predicted octanol–water partition coefficient (Wildman–Crippen LogP) is 2.86. The summed E-state index contributed by atoms with van der Waals surface area (Å²) in [6, 6.07) is 4.10. The van der Waals surface area contributed by atoms with Crippen molar-refractivity contribution in [2.24, 2.45) is 0 Å². The molecular formula is C12H18N2O. The van der Waals surface area contributed by atoms with E-state index in [2.05, 4.69) is 23.8 Å². The summed E-state index contributed by atoms with van der Waals surface area (Å²) in [7, 11) is 0. The molecular weight excluding hydrogens is 188 g/mol.